The van der Waals surface area contributed by atoms with Crippen LogP contribution in [0.5, 0.6) is 0 Å². The van der Waals surface area contributed by atoms with Crippen molar-refractivity contribution in [3.05, 3.63) is 22.8 Å². The van der Waals surface area contributed by atoms with E-state index in [2.05, 4.69) is 32.2 Å². The number of halogens is 1. The number of unbranched alkanes of at least 4 members (excludes halogenated alkanes) is 1. The molecule has 2 nitrogen and oxygen atoms in total. The summed E-state index contributed by atoms with van der Waals surface area (Å²) in [5, 5.41) is 3.19. The van der Waals surface area contributed by atoms with E-state index in [1.165, 1.54) is 0 Å². The van der Waals surface area contributed by atoms with Crippen molar-refractivity contribution >= 4 is 21.7 Å². The van der Waals surface area contributed by atoms with Crippen molar-refractivity contribution in [3.63, 3.8) is 0 Å². The molecule has 1 aromatic heterocycles. The van der Waals surface area contributed by atoms with Crippen LogP contribution in [0.3, 0.4) is 0 Å². The Balaban J connectivity index is 2.37. The summed E-state index contributed by atoms with van der Waals surface area (Å²) in [4.78, 5) is 4.17. The first-order valence-electron chi connectivity index (χ1n) is 4.12. The summed E-state index contributed by atoms with van der Waals surface area (Å²) >= 11 is 3.40. The maximum atomic E-state index is 5.14. The Labute approximate surface area is 86.9 Å². The molecule has 0 spiro atoms. The number of nitrogens with zero attached hydrogens (tertiary/aromatic N) is 1. The summed E-state index contributed by atoms with van der Waals surface area (Å²) in [6.45, 7) is 0.861. The van der Waals surface area contributed by atoms with Crippen molar-refractivity contribution in [1.82, 2.24) is 4.98 Å². The molecule has 0 aliphatic carbocycles. The smallest absolute Gasteiger partial charge is 0.140 e. The van der Waals surface area contributed by atoms with E-state index in [1.807, 2.05) is 12.1 Å². The Morgan fingerprint density at radius 1 is 1.62 bits per heavy atom. The number of terminal acetylenes is 1. The summed E-state index contributed by atoms with van der Waals surface area (Å²) in [6, 6.07) is 3.84. The molecule has 13 heavy (non-hydrogen) atoms. The molecule has 0 saturated carbocycles. The highest BCUT2D eigenvalue weighted by Crippen LogP contribution is 2.17. The zero-order valence-electron chi connectivity index (χ0n) is 7.26. The number of hydrogen-bond acceptors (Lipinski definition) is 2. The fraction of sp³-hybridized carbons (Fsp3) is 0.300. The highest BCUT2D eigenvalue weighted by Gasteiger charge is 1.96. The maximum absolute atomic E-state index is 5.14. The Hall–Kier alpha value is -1.01. The van der Waals surface area contributed by atoms with Crippen molar-refractivity contribution in [2.75, 3.05) is 11.9 Å². The molecular formula is C10H11BrN2. The van der Waals surface area contributed by atoms with Crippen molar-refractivity contribution in [2.45, 2.75) is 12.8 Å². The quantitative estimate of drug-likeness (QED) is 0.645. The minimum absolute atomic E-state index is 0.803. The Morgan fingerprint density at radius 3 is 3.15 bits per heavy atom. The van der Waals surface area contributed by atoms with Gasteiger partial charge in [-0.3, -0.25) is 0 Å². The van der Waals surface area contributed by atoms with Crippen LogP contribution in [0.1, 0.15) is 12.8 Å². The lowest BCUT2D eigenvalue weighted by Crippen LogP contribution is -2.03. The summed E-state index contributed by atoms with van der Waals surface area (Å²) in [5.41, 5.74) is 0. The van der Waals surface area contributed by atoms with Gasteiger partial charge in [0.25, 0.3) is 0 Å². The molecule has 1 aromatic rings. The van der Waals surface area contributed by atoms with Gasteiger partial charge >= 0.3 is 0 Å². The van der Waals surface area contributed by atoms with Gasteiger partial charge in [-0.05, 0) is 34.5 Å². The van der Waals surface area contributed by atoms with Gasteiger partial charge in [-0.2, -0.15) is 0 Å². The predicted molar refractivity (Wildman–Crippen MR) is 58.5 cm³/mol. The molecule has 1 heterocycles. The summed E-state index contributed by atoms with van der Waals surface area (Å²) < 4.78 is 0.982. The minimum atomic E-state index is 0.803. The van der Waals surface area contributed by atoms with E-state index < -0.39 is 0 Å². The predicted octanol–water partition coefficient (Wildman–Crippen LogP) is 2.67. The second-order valence-corrected chi connectivity index (χ2v) is 3.42. The zero-order chi connectivity index (χ0) is 9.52. The van der Waals surface area contributed by atoms with E-state index in [0.29, 0.717) is 0 Å². The molecular weight excluding hydrogens is 228 g/mol. The number of anilines is 1. The van der Waals surface area contributed by atoms with E-state index in [9.17, 15) is 0 Å². The zero-order valence-corrected chi connectivity index (χ0v) is 8.84. The molecule has 0 atom stereocenters. The van der Waals surface area contributed by atoms with E-state index >= 15 is 0 Å². The molecule has 0 amide bonds. The molecule has 0 bridgehead atoms. The lowest BCUT2D eigenvalue weighted by atomic mass is 10.3. The minimum Gasteiger partial charge on any atom is -0.369 e. The third-order valence-electron chi connectivity index (χ3n) is 1.55. The fourth-order valence-corrected chi connectivity index (χ4v) is 1.31. The lowest BCUT2D eigenvalue weighted by molar-refractivity contribution is 0.900. The molecule has 0 aliphatic rings. The number of pyridine rings is 1. The molecule has 0 saturated heterocycles. The van der Waals surface area contributed by atoms with Gasteiger partial charge in [0.1, 0.15) is 5.82 Å². The average Bonchev–Trinajstić information content (AvgIpc) is 2.15. The maximum Gasteiger partial charge on any atom is 0.140 e. The van der Waals surface area contributed by atoms with Crippen LogP contribution in [0.25, 0.3) is 0 Å². The van der Waals surface area contributed by atoms with E-state index in [1.54, 1.807) is 6.20 Å². The topological polar surface area (TPSA) is 24.9 Å². The monoisotopic (exact) mass is 238 g/mol. The molecule has 3 heteroatoms. The first kappa shape index (κ1) is 10.1. The second-order valence-electron chi connectivity index (χ2n) is 2.57. The third-order valence-corrected chi connectivity index (χ3v) is 2.19. The largest absolute Gasteiger partial charge is 0.369 e. The Bertz CT molecular complexity index is 304. The summed E-state index contributed by atoms with van der Waals surface area (Å²) in [5.74, 6) is 3.47. The second kappa shape index (κ2) is 5.60. The van der Waals surface area contributed by atoms with Crippen LogP contribution in [0, 0.1) is 12.3 Å². The normalized spacial score (nSPS) is 9.23. The van der Waals surface area contributed by atoms with E-state index in [0.717, 1.165) is 29.7 Å². The molecule has 0 aliphatic heterocycles. The van der Waals surface area contributed by atoms with Crippen molar-refractivity contribution in [1.29, 1.82) is 0 Å². The van der Waals surface area contributed by atoms with Gasteiger partial charge in [-0.25, -0.2) is 4.98 Å². The van der Waals surface area contributed by atoms with Crippen LogP contribution in [-0.2, 0) is 0 Å². The van der Waals surface area contributed by atoms with Gasteiger partial charge in [0, 0.05) is 19.2 Å². The van der Waals surface area contributed by atoms with Gasteiger partial charge in [-0.1, -0.05) is 0 Å². The van der Waals surface area contributed by atoms with Crippen LogP contribution in [0.2, 0.25) is 0 Å². The summed E-state index contributed by atoms with van der Waals surface area (Å²) in [6.07, 6.45) is 8.67. The standard InChI is InChI=1S/C10H11BrN2/c1-2-3-4-7-12-10-9(11)6-5-8-13-10/h1,5-6,8H,3-4,7H2,(H,12,13). The SMILES string of the molecule is C#CCCCNc1ncccc1Br. The molecule has 1 rings (SSSR count). The van der Waals surface area contributed by atoms with Crippen LogP contribution in [0.15, 0.2) is 22.8 Å². The lowest BCUT2D eigenvalue weighted by Gasteiger charge is -2.04. The molecule has 0 fully saturated rings. The van der Waals surface area contributed by atoms with Gasteiger partial charge in [-0.15, -0.1) is 12.3 Å². The molecule has 1 N–H and O–H groups in total. The van der Waals surface area contributed by atoms with Gasteiger partial charge in [0.2, 0.25) is 0 Å². The van der Waals surface area contributed by atoms with E-state index in [4.69, 9.17) is 6.42 Å². The molecule has 0 radical (unpaired) electrons. The van der Waals surface area contributed by atoms with Gasteiger partial charge in [0.15, 0.2) is 0 Å². The first-order chi connectivity index (χ1) is 6.34. The van der Waals surface area contributed by atoms with Crippen molar-refractivity contribution < 1.29 is 0 Å². The number of hydrogen-bond donors (Lipinski definition) is 1. The summed E-state index contributed by atoms with van der Waals surface area (Å²) in [7, 11) is 0. The van der Waals surface area contributed by atoms with Crippen LogP contribution in [-0.4, -0.2) is 11.5 Å². The number of aromatic nitrogens is 1. The molecule has 0 aromatic carbocycles. The third kappa shape index (κ3) is 3.47. The van der Waals surface area contributed by atoms with Crippen LogP contribution >= 0.6 is 15.9 Å². The van der Waals surface area contributed by atoms with Crippen LogP contribution < -0.4 is 5.32 Å². The first-order valence-corrected chi connectivity index (χ1v) is 4.91. The average molecular weight is 239 g/mol. The Kier molecular flexibility index (Phi) is 4.34. The highest BCUT2D eigenvalue weighted by atomic mass is 79.9. The fourth-order valence-electron chi connectivity index (χ4n) is 0.913. The van der Waals surface area contributed by atoms with Crippen molar-refractivity contribution in [3.8, 4) is 12.3 Å². The molecule has 0 unspecified atom stereocenters. The van der Waals surface area contributed by atoms with Crippen molar-refractivity contribution in [2.24, 2.45) is 0 Å². The number of nitrogens with one attached hydrogen (secondary N) is 1. The Morgan fingerprint density at radius 2 is 2.46 bits per heavy atom. The van der Waals surface area contributed by atoms with E-state index in [-0.39, 0.29) is 0 Å². The number of rotatable bonds is 4. The van der Waals surface area contributed by atoms with Crippen LogP contribution in [0.4, 0.5) is 5.82 Å². The van der Waals surface area contributed by atoms with Gasteiger partial charge < -0.3 is 5.32 Å². The highest BCUT2D eigenvalue weighted by molar-refractivity contribution is 9.10. The molecule has 68 valence electrons. The van der Waals surface area contributed by atoms with Gasteiger partial charge in [0.05, 0.1) is 4.47 Å².